The molecule has 0 saturated heterocycles. The number of aromatic carboxylic acids is 1. The number of aliphatic hydroxyl groups excluding tert-OH is 1. The Morgan fingerprint density at radius 3 is 2.45 bits per heavy atom. The first-order chi connectivity index (χ1) is 9.32. The molecule has 0 aliphatic carbocycles. The monoisotopic (exact) mass is 374 g/mol. The summed E-state index contributed by atoms with van der Waals surface area (Å²) < 4.78 is 1.22. The van der Waals surface area contributed by atoms with Crippen molar-refractivity contribution in [3.8, 4) is 0 Å². The maximum absolute atomic E-state index is 11.5. The molecule has 106 valence electrons. The first-order valence-electron chi connectivity index (χ1n) is 5.79. The van der Waals surface area contributed by atoms with Crippen LogP contribution < -0.4 is 0 Å². The summed E-state index contributed by atoms with van der Waals surface area (Å²) in [5.41, 5.74) is 1.93. The molecule has 0 aliphatic heterocycles. The van der Waals surface area contributed by atoms with E-state index in [2.05, 4.69) is 15.9 Å². The van der Waals surface area contributed by atoms with Crippen molar-refractivity contribution < 1.29 is 15.0 Å². The first-order valence-corrected chi connectivity index (χ1v) is 7.77. The van der Waals surface area contributed by atoms with Crippen LogP contribution in [0.15, 0.2) is 22.7 Å². The third kappa shape index (κ3) is 2.76. The van der Waals surface area contributed by atoms with Crippen LogP contribution in [-0.2, 0) is 0 Å². The Kier molecular flexibility index (Phi) is 4.54. The summed E-state index contributed by atoms with van der Waals surface area (Å²) in [6.45, 7) is 3.51. The van der Waals surface area contributed by atoms with Crippen molar-refractivity contribution in [2.24, 2.45) is 0 Å². The molecule has 2 N–H and O–H groups in total. The van der Waals surface area contributed by atoms with Crippen LogP contribution in [0.25, 0.3) is 0 Å². The van der Waals surface area contributed by atoms with Crippen LogP contribution >= 0.6 is 38.9 Å². The summed E-state index contributed by atoms with van der Waals surface area (Å²) in [5, 5.41) is 19.9. The van der Waals surface area contributed by atoms with Gasteiger partial charge < -0.3 is 10.2 Å². The van der Waals surface area contributed by atoms with E-state index in [4.69, 9.17) is 11.6 Å². The van der Waals surface area contributed by atoms with Crippen molar-refractivity contribution in [3.05, 3.63) is 54.1 Å². The quantitative estimate of drug-likeness (QED) is 0.827. The number of halogens is 2. The number of hydrogen-bond acceptors (Lipinski definition) is 3. The third-order valence-electron chi connectivity index (χ3n) is 3.09. The van der Waals surface area contributed by atoms with Gasteiger partial charge in [-0.2, -0.15) is 0 Å². The standard InChI is InChI=1S/C14H12BrClO3S/c1-6-3-4-7(2)11(14(18)19)10(6)12(17)9-5-8(15)13(16)20-9/h3-5,12,17H,1-2H3,(H,18,19). The molecule has 2 aromatic rings. The van der Waals surface area contributed by atoms with Gasteiger partial charge in [-0.15, -0.1) is 11.3 Å². The number of carboxylic acids is 1. The molecule has 0 amide bonds. The van der Waals surface area contributed by atoms with E-state index in [9.17, 15) is 15.0 Å². The van der Waals surface area contributed by atoms with Gasteiger partial charge in [0.25, 0.3) is 0 Å². The van der Waals surface area contributed by atoms with Crippen molar-refractivity contribution in [1.29, 1.82) is 0 Å². The van der Waals surface area contributed by atoms with E-state index in [0.29, 0.717) is 24.8 Å². The van der Waals surface area contributed by atoms with Gasteiger partial charge in [0.1, 0.15) is 10.4 Å². The average molecular weight is 376 g/mol. The molecule has 0 spiro atoms. The zero-order chi connectivity index (χ0) is 15.0. The molecule has 20 heavy (non-hydrogen) atoms. The highest BCUT2D eigenvalue weighted by molar-refractivity contribution is 9.10. The average Bonchev–Trinajstić information content (AvgIpc) is 2.71. The minimum absolute atomic E-state index is 0.151. The molecule has 1 atom stereocenters. The third-order valence-corrected chi connectivity index (χ3v) is 5.62. The van der Waals surface area contributed by atoms with E-state index in [1.807, 2.05) is 6.07 Å². The van der Waals surface area contributed by atoms with Crippen molar-refractivity contribution in [1.82, 2.24) is 0 Å². The smallest absolute Gasteiger partial charge is 0.336 e. The highest BCUT2D eigenvalue weighted by Crippen LogP contribution is 2.39. The van der Waals surface area contributed by atoms with Crippen LogP contribution in [-0.4, -0.2) is 16.2 Å². The summed E-state index contributed by atoms with van der Waals surface area (Å²) in [5.74, 6) is -1.04. The Labute approximate surface area is 134 Å². The molecule has 0 aliphatic rings. The van der Waals surface area contributed by atoms with Gasteiger partial charge in [0.15, 0.2) is 0 Å². The van der Waals surface area contributed by atoms with Crippen LogP contribution in [0, 0.1) is 13.8 Å². The summed E-state index contributed by atoms with van der Waals surface area (Å²) in [6.07, 6.45) is -1.00. The zero-order valence-electron chi connectivity index (χ0n) is 10.8. The van der Waals surface area contributed by atoms with Gasteiger partial charge in [-0.1, -0.05) is 23.7 Å². The summed E-state index contributed by atoms with van der Waals surface area (Å²) in [6, 6.07) is 5.27. The Bertz CT molecular complexity index is 662. The fourth-order valence-corrected chi connectivity index (χ4v) is 3.84. The molecule has 0 bridgehead atoms. The number of aliphatic hydroxyl groups is 1. The van der Waals surface area contributed by atoms with E-state index in [1.165, 1.54) is 11.3 Å². The molecular weight excluding hydrogens is 364 g/mol. The Hall–Kier alpha value is -0.880. The second-order valence-electron chi connectivity index (χ2n) is 4.47. The fraction of sp³-hybridized carbons (Fsp3) is 0.214. The number of hydrogen-bond donors (Lipinski definition) is 2. The topological polar surface area (TPSA) is 57.5 Å². The molecule has 2 rings (SSSR count). The molecule has 1 heterocycles. The predicted molar refractivity (Wildman–Crippen MR) is 84.0 cm³/mol. The van der Waals surface area contributed by atoms with Crippen molar-refractivity contribution in [2.45, 2.75) is 20.0 Å². The molecule has 0 fully saturated rings. The van der Waals surface area contributed by atoms with Crippen molar-refractivity contribution >= 4 is 44.8 Å². The lowest BCUT2D eigenvalue weighted by atomic mass is 9.93. The summed E-state index contributed by atoms with van der Waals surface area (Å²) >= 11 is 10.5. The Morgan fingerprint density at radius 1 is 1.35 bits per heavy atom. The predicted octanol–water partition coefficient (Wildman–Crippen LogP) is 4.56. The van der Waals surface area contributed by atoms with Gasteiger partial charge in [-0.3, -0.25) is 0 Å². The SMILES string of the molecule is Cc1ccc(C)c(C(O)c2cc(Br)c(Cl)s2)c1C(=O)O. The minimum Gasteiger partial charge on any atom is -0.478 e. The molecule has 0 radical (unpaired) electrons. The van der Waals surface area contributed by atoms with Crippen molar-refractivity contribution in [3.63, 3.8) is 0 Å². The number of carboxylic acid groups (broad SMARTS) is 1. The maximum atomic E-state index is 11.5. The van der Waals surface area contributed by atoms with E-state index in [-0.39, 0.29) is 5.56 Å². The van der Waals surface area contributed by atoms with Gasteiger partial charge in [0.05, 0.1) is 5.56 Å². The number of carbonyl (C=O) groups is 1. The highest BCUT2D eigenvalue weighted by atomic mass is 79.9. The van der Waals surface area contributed by atoms with Gasteiger partial charge in [-0.25, -0.2) is 4.79 Å². The Balaban J connectivity index is 2.62. The largest absolute Gasteiger partial charge is 0.478 e. The van der Waals surface area contributed by atoms with Gasteiger partial charge in [-0.05, 0) is 47.0 Å². The Morgan fingerprint density at radius 2 is 1.95 bits per heavy atom. The minimum atomic E-state index is -1.04. The first kappa shape index (κ1) is 15.5. The van der Waals surface area contributed by atoms with Crippen molar-refractivity contribution in [2.75, 3.05) is 0 Å². The van der Waals surface area contributed by atoms with E-state index < -0.39 is 12.1 Å². The summed E-state index contributed by atoms with van der Waals surface area (Å²) in [7, 11) is 0. The molecule has 0 saturated carbocycles. The van der Waals surface area contributed by atoms with Crippen LogP contribution in [0.4, 0.5) is 0 Å². The second kappa shape index (κ2) is 5.85. The van der Waals surface area contributed by atoms with Gasteiger partial charge in [0, 0.05) is 14.9 Å². The number of thiophene rings is 1. The molecule has 1 aromatic carbocycles. The van der Waals surface area contributed by atoms with E-state index in [0.717, 1.165) is 5.56 Å². The highest BCUT2D eigenvalue weighted by Gasteiger charge is 2.24. The zero-order valence-corrected chi connectivity index (χ0v) is 13.9. The summed E-state index contributed by atoms with van der Waals surface area (Å²) in [4.78, 5) is 12.1. The number of rotatable bonds is 3. The van der Waals surface area contributed by atoms with Crippen LogP contribution in [0.3, 0.4) is 0 Å². The normalized spacial score (nSPS) is 12.4. The second-order valence-corrected chi connectivity index (χ2v) is 7.01. The molecule has 3 nitrogen and oxygen atoms in total. The molecule has 1 aromatic heterocycles. The van der Waals surface area contributed by atoms with E-state index >= 15 is 0 Å². The van der Waals surface area contributed by atoms with Crippen LogP contribution in [0.5, 0.6) is 0 Å². The fourth-order valence-electron chi connectivity index (χ4n) is 2.11. The lowest BCUT2D eigenvalue weighted by Gasteiger charge is -2.17. The molecule has 6 heteroatoms. The van der Waals surface area contributed by atoms with E-state index in [1.54, 1.807) is 26.0 Å². The molecule has 1 unspecified atom stereocenters. The lowest BCUT2D eigenvalue weighted by Crippen LogP contribution is -2.11. The van der Waals surface area contributed by atoms with Crippen LogP contribution in [0.1, 0.15) is 38.0 Å². The van der Waals surface area contributed by atoms with Gasteiger partial charge >= 0.3 is 5.97 Å². The number of aryl methyl sites for hydroxylation is 2. The van der Waals surface area contributed by atoms with Crippen LogP contribution in [0.2, 0.25) is 4.34 Å². The maximum Gasteiger partial charge on any atom is 0.336 e. The lowest BCUT2D eigenvalue weighted by molar-refractivity contribution is 0.0690. The molecular formula is C14H12BrClO3S. The number of benzene rings is 1. The van der Waals surface area contributed by atoms with Gasteiger partial charge in [0.2, 0.25) is 0 Å².